The SMILES string of the molecule is O=C(NCc1ccccc1)c1c([N+](=O)[O-])cc([N+](=O)[O-])cc1[N+](=O)[O-]. The van der Waals surface area contributed by atoms with Crippen molar-refractivity contribution < 1.29 is 19.6 Å². The summed E-state index contributed by atoms with van der Waals surface area (Å²) in [5, 5.41) is 35.4. The molecule has 2 aromatic carbocycles. The van der Waals surface area contributed by atoms with E-state index in [1.54, 1.807) is 30.3 Å². The summed E-state index contributed by atoms with van der Waals surface area (Å²) in [5.74, 6) is -1.07. The molecule has 0 spiro atoms. The van der Waals surface area contributed by atoms with E-state index in [2.05, 4.69) is 5.32 Å². The summed E-state index contributed by atoms with van der Waals surface area (Å²) in [6.07, 6.45) is 0. The van der Waals surface area contributed by atoms with E-state index in [0.717, 1.165) is 0 Å². The summed E-state index contributed by atoms with van der Waals surface area (Å²) in [7, 11) is 0. The van der Waals surface area contributed by atoms with Gasteiger partial charge in [0.2, 0.25) is 0 Å². The molecule has 0 atom stereocenters. The zero-order valence-corrected chi connectivity index (χ0v) is 12.4. The second-order valence-electron chi connectivity index (χ2n) is 4.80. The van der Waals surface area contributed by atoms with Crippen molar-refractivity contribution in [3.05, 3.63) is 83.9 Å². The normalized spacial score (nSPS) is 10.1. The summed E-state index contributed by atoms with van der Waals surface area (Å²) < 4.78 is 0. The molecule has 0 saturated carbocycles. The molecule has 128 valence electrons. The van der Waals surface area contributed by atoms with E-state index in [4.69, 9.17) is 0 Å². The largest absolute Gasteiger partial charge is 0.348 e. The van der Waals surface area contributed by atoms with Crippen LogP contribution in [0.3, 0.4) is 0 Å². The average Bonchev–Trinajstić information content (AvgIpc) is 2.59. The Morgan fingerprint density at radius 3 is 1.84 bits per heavy atom. The fourth-order valence-electron chi connectivity index (χ4n) is 2.09. The fraction of sp³-hybridized carbons (Fsp3) is 0.0714. The number of nitro groups is 3. The van der Waals surface area contributed by atoms with Crippen LogP contribution >= 0.6 is 0 Å². The maximum Gasteiger partial charge on any atom is 0.296 e. The molecule has 1 N–H and O–H groups in total. The summed E-state index contributed by atoms with van der Waals surface area (Å²) in [4.78, 5) is 42.2. The third kappa shape index (κ3) is 3.90. The van der Waals surface area contributed by atoms with Crippen LogP contribution in [0.4, 0.5) is 17.1 Å². The van der Waals surface area contributed by atoms with E-state index in [9.17, 15) is 35.1 Å². The van der Waals surface area contributed by atoms with Crippen molar-refractivity contribution in [1.82, 2.24) is 5.32 Å². The molecular formula is C14H10N4O7. The molecule has 0 saturated heterocycles. The average molecular weight is 346 g/mol. The van der Waals surface area contributed by atoms with Gasteiger partial charge >= 0.3 is 0 Å². The maximum atomic E-state index is 12.3. The van der Waals surface area contributed by atoms with Crippen molar-refractivity contribution in [3.8, 4) is 0 Å². The monoisotopic (exact) mass is 346 g/mol. The number of rotatable bonds is 6. The maximum absolute atomic E-state index is 12.3. The predicted molar refractivity (Wildman–Crippen MR) is 84.0 cm³/mol. The third-order valence-electron chi connectivity index (χ3n) is 3.21. The Hall–Kier alpha value is -3.89. The molecule has 2 rings (SSSR count). The van der Waals surface area contributed by atoms with Crippen molar-refractivity contribution in [2.24, 2.45) is 0 Å². The summed E-state index contributed by atoms with van der Waals surface area (Å²) in [6.45, 7) is -0.0228. The first-order valence-corrected chi connectivity index (χ1v) is 6.74. The van der Waals surface area contributed by atoms with Gasteiger partial charge in [-0.3, -0.25) is 35.1 Å². The summed E-state index contributed by atoms with van der Waals surface area (Å²) in [5.41, 5.74) is -3.03. The van der Waals surface area contributed by atoms with Crippen LogP contribution in [0.5, 0.6) is 0 Å². The number of carbonyl (C=O) groups is 1. The highest BCUT2D eigenvalue weighted by molar-refractivity contribution is 6.02. The van der Waals surface area contributed by atoms with Gasteiger partial charge in [-0.15, -0.1) is 0 Å². The van der Waals surface area contributed by atoms with E-state index in [0.29, 0.717) is 17.7 Å². The number of hydrogen-bond acceptors (Lipinski definition) is 7. The molecule has 11 heteroatoms. The van der Waals surface area contributed by atoms with E-state index >= 15 is 0 Å². The molecule has 0 aliphatic heterocycles. The zero-order valence-electron chi connectivity index (χ0n) is 12.4. The Balaban J connectivity index is 2.46. The number of amides is 1. The number of nitrogens with zero attached hydrogens (tertiary/aromatic N) is 3. The van der Waals surface area contributed by atoms with E-state index in [1.807, 2.05) is 0 Å². The van der Waals surface area contributed by atoms with E-state index in [1.165, 1.54) is 0 Å². The minimum absolute atomic E-state index is 0.0228. The Labute approximate surface area is 139 Å². The van der Waals surface area contributed by atoms with Gasteiger partial charge in [-0.25, -0.2) is 0 Å². The molecule has 0 fully saturated rings. The van der Waals surface area contributed by atoms with Gasteiger partial charge in [-0.2, -0.15) is 0 Å². The lowest BCUT2D eigenvalue weighted by molar-refractivity contribution is -0.403. The number of carbonyl (C=O) groups excluding carboxylic acids is 1. The molecule has 0 unspecified atom stereocenters. The highest BCUT2D eigenvalue weighted by Gasteiger charge is 2.34. The van der Waals surface area contributed by atoms with Crippen LogP contribution in [0, 0.1) is 30.3 Å². The van der Waals surface area contributed by atoms with Gasteiger partial charge in [0.25, 0.3) is 23.0 Å². The van der Waals surface area contributed by atoms with Crippen LogP contribution < -0.4 is 5.32 Å². The Morgan fingerprint density at radius 2 is 1.40 bits per heavy atom. The summed E-state index contributed by atoms with van der Waals surface area (Å²) >= 11 is 0. The molecule has 1 amide bonds. The van der Waals surface area contributed by atoms with Gasteiger partial charge in [-0.05, 0) is 5.56 Å². The molecule has 0 aliphatic carbocycles. The minimum atomic E-state index is -1.07. The number of nitro benzene ring substituents is 3. The number of hydrogen-bond donors (Lipinski definition) is 1. The molecule has 2 aromatic rings. The van der Waals surface area contributed by atoms with Crippen LogP contribution in [0.15, 0.2) is 42.5 Å². The second kappa shape index (κ2) is 7.12. The van der Waals surface area contributed by atoms with Crippen LogP contribution in [0.1, 0.15) is 15.9 Å². The van der Waals surface area contributed by atoms with Crippen LogP contribution in [0.2, 0.25) is 0 Å². The van der Waals surface area contributed by atoms with Crippen molar-refractivity contribution in [1.29, 1.82) is 0 Å². The van der Waals surface area contributed by atoms with Gasteiger partial charge < -0.3 is 5.32 Å². The van der Waals surface area contributed by atoms with Crippen molar-refractivity contribution in [3.63, 3.8) is 0 Å². The first-order valence-electron chi connectivity index (χ1n) is 6.74. The summed E-state index contributed by atoms with van der Waals surface area (Å²) in [6, 6.07) is 9.56. The molecule has 25 heavy (non-hydrogen) atoms. The van der Waals surface area contributed by atoms with Crippen LogP contribution in [-0.2, 0) is 6.54 Å². The smallest absolute Gasteiger partial charge is 0.296 e. The molecule has 0 aromatic heterocycles. The molecule has 0 radical (unpaired) electrons. The predicted octanol–water partition coefficient (Wildman–Crippen LogP) is 2.34. The third-order valence-corrected chi connectivity index (χ3v) is 3.21. The van der Waals surface area contributed by atoms with Gasteiger partial charge in [0.05, 0.1) is 26.9 Å². The lowest BCUT2D eigenvalue weighted by Gasteiger charge is -2.07. The fourth-order valence-corrected chi connectivity index (χ4v) is 2.09. The quantitative estimate of drug-likeness (QED) is 0.620. The Morgan fingerprint density at radius 1 is 0.880 bits per heavy atom. The first-order chi connectivity index (χ1) is 11.8. The molecule has 11 nitrogen and oxygen atoms in total. The van der Waals surface area contributed by atoms with Crippen LogP contribution in [0.25, 0.3) is 0 Å². The Kier molecular flexibility index (Phi) is 4.98. The lowest BCUT2D eigenvalue weighted by Crippen LogP contribution is -2.24. The van der Waals surface area contributed by atoms with Crippen LogP contribution in [-0.4, -0.2) is 20.7 Å². The van der Waals surface area contributed by atoms with Crippen molar-refractivity contribution in [2.75, 3.05) is 0 Å². The minimum Gasteiger partial charge on any atom is -0.348 e. The van der Waals surface area contributed by atoms with E-state index < -0.39 is 43.3 Å². The zero-order chi connectivity index (χ0) is 18.6. The van der Waals surface area contributed by atoms with Gasteiger partial charge in [0.15, 0.2) is 5.56 Å². The van der Waals surface area contributed by atoms with Gasteiger partial charge in [0.1, 0.15) is 0 Å². The van der Waals surface area contributed by atoms with Crippen molar-refractivity contribution in [2.45, 2.75) is 6.54 Å². The molecular weight excluding hydrogens is 336 g/mol. The standard InChI is InChI=1S/C14H10N4O7/c19-14(15-8-9-4-2-1-3-5-9)13-11(17(22)23)6-10(16(20)21)7-12(13)18(24)25/h1-7H,8H2,(H,15,19). The molecule has 0 aliphatic rings. The van der Waals surface area contributed by atoms with Gasteiger partial charge in [-0.1, -0.05) is 30.3 Å². The first kappa shape index (κ1) is 17.5. The molecule has 0 bridgehead atoms. The molecule has 0 heterocycles. The van der Waals surface area contributed by atoms with Gasteiger partial charge in [0, 0.05) is 6.54 Å². The second-order valence-corrected chi connectivity index (χ2v) is 4.80. The lowest BCUT2D eigenvalue weighted by atomic mass is 10.1. The number of benzene rings is 2. The Bertz CT molecular complexity index is 832. The number of nitrogens with one attached hydrogen (secondary N) is 1. The topological polar surface area (TPSA) is 159 Å². The van der Waals surface area contributed by atoms with E-state index in [-0.39, 0.29) is 6.54 Å². The van der Waals surface area contributed by atoms with Crippen molar-refractivity contribution >= 4 is 23.0 Å². The highest BCUT2D eigenvalue weighted by atomic mass is 16.6. The highest BCUT2D eigenvalue weighted by Crippen LogP contribution is 2.33. The number of non-ortho nitro benzene ring substituents is 1.